The van der Waals surface area contributed by atoms with Gasteiger partial charge in [0.05, 0.1) is 7.11 Å². The molecule has 28 heavy (non-hydrogen) atoms. The van der Waals surface area contributed by atoms with Crippen LogP contribution in [-0.4, -0.2) is 27.7 Å². The van der Waals surface area contributed by atoms with Crippen LogP contribution in [0, 0.1) is 0 Å². The van der Waals surface area contributed by atoms with E-state index in [1.54, 1.807) is 7.11 Å². The highest BCUT2D eigenvalue weighted by atomic mass is 16.5. The Hall–Kier alpha value is -3.67. The number of rotatable bonds is 7. The number of tetrazole rings is 1. The Bertz CT molecular complexity index is 1010. The Balaban J connectivity index is 1.46. The summed E-state index contributed by atoms with van der Waals surface area (Å²) in [6.07, 6.45) is 0.656. The monoisotopic (exact) mass is 371 g/mol. The third kappa shape index (κ3) is 4.17. The second kappa shape index (κ2) is 8.35. The summed E-state index contributed by atoms with van der Waals surface area (Å²) in [5.41, 5.74) is 5.66. The predicted octanol–water partition coefficient (Wildman–Crippen LogP) is 4.08. The first-order chi connectivity index (χ1) is 13.8. The van der Waals surface area contributed by atoms with Crippen LogP contribution in [0.15, 0.2) is 72.8 Å². The topological polar surface area (TPSA) is 75.7 Å². The van der Waals surface area contributed by atoms with Crippen LogP contribution >= 0.6 is 0 Å². The largest absolute Gasteiger partial charge is 0.496 e. The molecule has 0 bridgehead atoms. The van der Waals surface area contributed by atoms with Gasteiger partial charge in [-0.3, -0.25) is 0 Å². The Labute approximate surface area is 163 Å². The third-order valence-electron chi connectivity index (χ3n) is 4.58. The zero-order valence-corrected chi connectivity index (χ0v) is 15.6. The molecule has 4 rings (SSSR count). The molecule has 0 aliphatic rings. The maximum absolute atomic E-state index is 5.54. The van der Waals surface area contributed by atoms with Crippen molar-refractivity contribution in [1.82, 2.24) is 20.6 Å². The molecule has 1 aromatic heterocycles. The number of methoxy groups -OCH3 is 1. The Kier molecular flexibility index (Phi) is 5.29. The molecule has 0 spiro atoms. The van der Waals surface area contributed by atoms with Crippen LogP contribution in [0.5, 0.6) is 5.75 Å². The van der Waals surface area contributed by atoms with Crippen molar-refractivity contribution in [2.75, 3.05) is 12.4 Å². The average molecular weight is 371 g/mol. The molecule has 0 amide bonds. The number of aromatic nitrogens is 4. The maximum Gasteiger partial charge on any atom is 0.178 e. The van der Waals surface area contributed by atoms with Crippen molar-refractivity contribution in [3.05, 3.63) is 89.7 Å². The minimum absolute atomic E-state index is 0.656. The lowest BCUT2D eigenvalue weighted by atomic mass is 10.0. The van der Waals surface area contributed by atoms with Gasteiger partial charge in [-0.15, -0.1) is 10.2 Å². The fourth-order valence-corrected chi connectivity index (χ4v) is 3.10. The number of anilines is 1. The molecule has 140 valence electrons. The van der Waals surface area contributed by atoms with E-state index in [2.05, 4.69) is 74.5 Å². The van der Waals surface area contributed by atoms with Crippen LogP contribution in [0.3, 0.4) is 0 Å². The van der Waals surface area contributed by atoms with Gasteiger partial charge in [0.2, 0.25) is 0 Å². The lowest BCUT2D eigenvalue weighted by molar-refractivity contribution is 0.410. The van der Waals surface area contributed by atoms with E-state index < -0.39 is 0 Å². The van der Waals surface area contributed by atoms with E-state index in [1.807, 2.05) is 24.3 Å². The van der Waals surface area contributed by atoms with Crippen molar-refractivity contribution < 1.29 is 4.74 Å². The van der Waals surface area contributed by atoms with Gasteiger partial charge in [0.25, 0.3) is 0 Å². The molecule has 2 N–H and O–H groups in total. The van der Waals surface area contributed by atoms with Crippen LogP contribution in [0.2, 0.25) is 0 Å². The van der Waals surface area contributed by atoms with E-state index in [-0.39, 0.29) is 0 Å². The number of hydrogen-bond acceptors (Lipinski definition) is 5. The van der Waals surface area contributed by atoms with E-state index in [1.165, 1.54) is 11.1 Å². The molecule has 3 aromatic carbocycles. The highest BCUT2D eigenvalue weighted by molar-refractivity contribution is 5.66. The Morgan fingerprint density at radius 1 is 0.929 bits per heavy atom. The van der Waals surface area contributed by atoms with Gasteiger partial charge in [-0.05, 0) is 41.0 Å². The Morgan fingerprint density at radius 3 is 2.46 bits per heavy atom. The molecule has 0 saturated carbocycles. The van der Waals surface area contributed by atoms with E-state index in [9.17, 15) is 0 Å². The normalized spacial score (nSPS) is 10.6. The second-order valence-electron chi connectivity index (χ2n) is 6.45. The fourth-order valence-electron chi connectivity index (χ4n) is 3.10. The van der Waals surface area contributed by atoms with E-state index in [0.29, 0.717) is 18.8 Å². The molecule has 1 heterocycles. The molecule has 0 saturated heterocycles. The standard InChI is InChI=1S/C22H21N5O/c1-28-21-12-9-18(17-5-3-2-4-6-17)14-19(21)15-23-20-10-7-16(8-11-20)13-22-24-26-27-25-22/h2-12,14,23H,13,15H2,1H3,(H,24,25,26,27). The van der Waals surface area contributed by atoms with E-state index in [0.717, 1.165) is 22.6 Å². The van der Waals surface area contributed by atoms with E-state index >= 15 is 0 Å². The van der Waals surface area contributed by atoms with Gasteiger partial charge in [0.1, 0.15) is 5.75 Å². The third-order valence-corrected chi connectivity index (χ3v) is 4.58. The summed E-state index contributed by atoms with van der Waals surface area (Å²) in [6, 6.07) is 24.9. The van der Waals surface area contributed by atoms with Crippen LogP contribution in [0.1, 0.15) is 17.0 Å². The molecular weight excluding hydrogens is 350 g/mol. The first kappa shape index (κ1) is 17.7. The lowest BCUT2D eigenvalue weighted by Gasteiger charge is -2.13. The van der Waals surface area contributed by atoms with Gasteiger partial charge in [-0.1, -0.05) is 53.7 Å². The van der Waals surface area contributed by atoms with Crippen molar-refractivity contribution in [2.24, 2.45) is 0 Å². The van der Waals surface area contributed by atoms with Crippen molar-refractivity contribution in [3.8, 4) is 16.9 Å². The van der Waals surface area contributed by atoms with Gasteiger partial charge in [-0.2, -0.15) is 5.21 Å². The molecule has 0 fully saturated rings. The fraction of sp³-hybridized carbons (Fsp3) is 0.136. The molecule has 0 unspecified atom stereocenters. The molecule has 6 nitrogen and oxygen atoms in total. The molecular formula is C22H21N5O. The number of nitrogens with zero attached hydrogens (tertiary/aromatic N) is 3. The van der Waals surface area contributed by atoms with Gasteiger partial charge >= 0.3 is 0 Å². The van der Waals surface area contributed by atoms with Crippen molar-refractivity contribution >= 4 is 5.69 Å². The summed E-state index contributed by atoms with van der Waals surface area (Å²) in [6.45, 7) is 0.675. The minimum atomic E-state index is 0.656. The predicted molar refractivity (Wildman–Crippen MR) is 109 cm³/mol. The summed E-state index contributed by atoms with van der Waals surface area (Å²) in [4.78, 5) is 0. The maximum atomic E-state index is 5.54. The Morgan fingerprint density at radius 2 is 1.75 bits per heavy atom. The summed E-state index contributed by atoms with van der Waals surface area (Å²) in [7, 11) is 1.70. The average Bonchev–Trinajstić information content (AvgIpc) is 3.27. The smallest absolute Gasteiger partial charge is 0.178 e. The van der Waals surface area contributed by atoms with Gasteiger partial charge in [0, 0.05) is 24.2 Å². The van der Waals surface area contributed by atoms with Crippen molar-refractivity contribution in [1.29, 1.82) is 0 Å². The number of benzene rings is 3. The van der Waals surface area contributed by atoms with Crippen molar-refractivity contribution in [3.63, 3.8) is 0 Å². The summed E-state index contributed by atoms with van der Waals surface area (Å²) in [5.74, 6) is 1.56. The zero-order valence-electron chi connectivity index (χ0n) is 15.6. The summed E-state index contributed by atoms with van der Waals surface area (Å²) in [5, 5.41) is 17.5. The molecule has 0 atom stereocenters. The molecule has 0 aliphatic heterocycles. The number of ether oxygens (including phenoxy) is 1. The first-order valence-corrected chi connectivity index (χ1v) is 9.09. The quantitative estimate of drug-likeness (QED) is 0.512. The van der Waals surface area contributed by atoms with Crippen LogP contribution in [0.4, 0.5) is 5.69 Å². The van der Waals surface area contributed by atoms with Crippen LogP contribution in [0.25, 0.3) is 11.1 Å². The minimum Gasteiger partial charge on any atom is -0.496 e. The molecule has 0 radical (unpaired) electrons. The second-order valence-corrected chi connectivity index (χ2v) is 6.45. The SMILES string of the molecule is COc1ccc(-c2ccccc2)cc1CNc1ccc(Cc2nn[nH]n2)cc1. The van der Waals surface area contributed by atoms with Gasteiger partial charge in [-0.25, -0.2) is 0 Å². The number of aromatic amines is 1. The highest BCUT2D eigenvalue weighted by Crippen LogP contribution is 2.27. The number of hydrogen-bond donors (Lipinski definition) is 2. The van der Waals surface area contributed by atoms with Crippen LogP contribution in [-0.2, 0) is 13.0 Å². The lowest BCUT2D eigenvalue weighted by Crippen LogP contribution is -2.02. The molecule has 4 aromatic rings. The zero-order chi connectivity index (χ0) is 19.2. The molecule has 6 heteroatoms. The van der Waals surface area contributed by atoms with Crippen LogP contribution < -0.4 is 10.1 Å². The van der Waals surface area contributed by atoms with E-state index in [4.69, 9.17) is 4.74 Å². The number of H-pyrrole nitrogens is 1. The first-order valence-electron chi connectivity index (χ1n) is 9.09. The summed E-state index contributed by atoms with van der Waals surface area (Å²) >= 11 is 0. The molecule has 0 aliphatic carbocycles. The summed E-state index contributed by atoms with van der Waals surface area (Å²) < 4.78 is 5.54. The van der Waals surface area contributed by atoms with Gasteiger partial charge in [0.15, 0.2) is 5.82 Å². The van der Waals surface area contributed by atoms with Gasteiger partial charge < -0.3 is 10.1 Å². The van der Waals surface area contributed by atoms with Crippen molar-refractivity contribution in [2.45, 2.75) is 13.0 Å². The highest BCUT2D eigenvalue weighted by Gasteiger charge is 2.07. The number of nitrogens with one attached hydrogen (secondary N) is 2.